The molecule has 2 unspecified atom stereocenters. The van der Waals surface area contributed by atoms with Crippen molar-refractivity contribution in [1.29, 1.82) is 0 Å². The Hall–Kier alpha value is -3.81. The molecule has 0 spiro atoms. The van der Waals surface area contributed by atoms with E-state index >= 15 is 0 Å². The van der Waals surface area contributed by atoms with Gasteiger partial charge in [0.25, 0.3) is 0 Å². The van der Waals surface area contributed by atoms with E-state index in [4.69, 9.17) is 9.72 Å². The third kappa shape index (κ3) is 4.77. The number of rotatable bonds is 6. The van der Waals surface area contributed by atoms with Gasteiger partial charge in [0.15, 0.2) is 10.8 Å². The lowest BCUT2D eigenvalue weighted by Gasteiger charge is -2.37. The fraction of sp³-hybridized carbons (Fsp3) is 0.464. The summed E-state index contributed by atoms with van der Waals surface area (Å²) in [5, 5.41) is 6.03. The number of H-pyrrole nitrogens is 1. The number of benzene rings is 1. The molecule has 0 radical (unpaired) electrons. The van der Waals surface area contributed by atoms with Gasteiger partial charge in [0.2, 0.25) is 0 Å². The topological polar surface area (TPSA) is 122 Å². The molecule has 3 aromatic rings. The number of anilines is 1. The second-order valence-corrected chi connectivity index (χ2v) is 11.9. The molecule has 6 heterocycles. The molecule has 3 saturated heterocycles. The Kier molecular flexibility index (Phi) is 6.72. The molecule has 0 saturated carbocycles. The molecule has 214 valence electrons. The number of aromatic nitrogens is 3. The summed E-state index contributed by atoms with van der Waals surface area (Å²) in [5.74, 6) is 1.28. The maximum atomic E-state index is 13.5. The Balaban J connectivity index is 1.06. The summed E-state index contributed by atoms with van der Waals surface area (Å²) in [7, 11) is 3.53. The highest BCUT2D eigenvalue weighted by molar-refractivity contribution is 7.11. The number of amidine groups is 1. The number of hydrogen-bond acceptors (Lipinski definition) is 10. The molecule has 0 aliphatic carbocycles. The van der Waals surface area contributed by atoms with Crippen molar-refractivity contribution in [3.05, 3.63) is 51.9 Å². The fourth-order valence-electron chi connectivity index (χ4n) is 6.37. The molecule has 12 nitrogen and oxygen atoms in total. The SMILES string of the molecule is COC(=O)C1=C(CN2CCN3C(=O)N(c4ccc5[nH]c(C6CCCN6C)nc5c4)CC3C2)NC(c2nccs2)=NC1. The summed E-state index contributed by atoms with van der Waals surface area (Å²) in [6.45, 7) is 4.49. The van der Waals surface area contributed by atoms with Gasteiger partial charge < -0.3 is 19.9 Å². The summed E-state index contributed by atoms with van der Waals surface area (Å²) < 4.78 is 5.04. The van der Waals surface area contributed by atoms with Crippen LogP contribution in [-0.2, 0) is 9.53 Å². The molecule has 0 bridgehead atoms. The van der Waals surface area contributed by atoms with Gasteiger partial charge in [-0.05, 0) is 44.6 Å². The van der Waals surface area contributed by atoms with Crippen molar-refractivity contribution in [3.63, 3.8) is 0 Å². The molecule has 4 aliphatic rings. The number of carbonyl (C=O) groups excluding carboxylic acids is 2. The van der Waals surface area contributed by atoms with Gasteiger partial charge in [-0.3, -0.25) is 19.7 Å². The monoisotopic (exact) mass is 575 g/mol. The number of amides is 2. The van der Waals surface area contributed by atoms with Crippen LogP contribution in [0.3, 0.4) is 0 Å². The first-order valence-corrected chi connectivity index (χ1v) is 14.9. The summed E-state index contributed by atoms with van der Waals surface area (Å²) in [6.07, 6.45) is 4.02. The lowest BCUT2D eigenvalue weighted by atomic mass is 10.1. The quantitative estimate of drug-likeness (QED) is 0.429. The molecule has 3 fully saturated rings. The van der Waals surface area contributed by atoms with Gasteiger partial charge in [0.05, 0.1) is 42.3 Å². The van der Waals surface area contributed by atoms with Crippen LogP contribution in [0.25, 0.3) is 11.0 Å². The molecule has 13 heteroatoms. The number of thiazole rings is 1. The van der Waals surface area contributed by atoms with E-state index in [0.717, 1.165) is 46.2 Å². The van der Waals surface area contributed by atoms with Crippen LogP contribution in [0.5, 0.6) is 0 Å². The summed E-state index contributed by atoms with van der Waals surface area (Å²) in [4.78, 5) is 51.8. The van der Waals surface area contributed by atoms with Crippen molar-refractivity contribution in [3.8, 4) is 0 Å². The minimum Gasteiger partial charge on any atom is -0.466 e. The van der Waals surface area contributed by atoms with E-state index in [9.17, 15) is 9.59 Å². The van der Waals surface area contributed by atoms with Crippen LogP contribution in [0.4, 0.5) is 10.5 Å². The minimum absolute atomic E-state index is 0.0312. The number of nitrogens with one attached hydrogen (secondary N) is 2. The number of aliphatic imine (C=N–C) groups is 1. The van der Waals surface area contributed by atoms with Crippen LogP contribution >= 0.6 is 11.3 Å². The van der Waals surface area contributed by atoms with Crippen LogP contribution < -0.4 is 10.2 Å². The molecule has 41 heavy (non-hydrogen) atoms. The van der Waals surface area contributed by atoms with E-state index in [-0.39, 0.29) is 24.6 Å². The van der Waals surface area contributed by atoms with Crippen LogP contribution in [0, 0.1) is 0 Å². The van der Waals surface area contributed by atoms with Gasteiger partial charge in [0, 0.05) is 55.7 Å². The Morgan fingerprint density at radius 2 is 2.12 bits per heavy atom. The van der Waals surface area contributed by atoms with Crippen LogP contribution in [-0.4, -0.2) is 114 Å². The lowest BCUT2D eigenvalue weighted by Crippen LogP contribution is -2.53. The fourth-order valence-corrected chi connectivity index (χ4v) is 6.97. The van der Waals surface area contributed by atoms with E-state index in [1.54, 1.807) is 6.20 Å². The number of carbonyl (C=O) groups is 2. The van der Waals surface area contributed by atoms with Gasteiger partial charge >= 0.3 is 12.0 Å². The van der Waals surface area contributed by atoms with E-state index < -0.39 is 0 Å². The molecule has 2 N–H and O–H groups in total. The summed E-state index contributed by atoms with van der Waals surface area (Å²) >= 11 is 1.50. The number of aromatic amines is 1. The maximum absolute atomic E-state index is 13.5. The van der Waals surface area contributed by atoms with Crippen molar-refractivity contribution in [1.82, 2.24) is 35.0 Å². The first-order chi connectivity index (χ1) is 20.0. The van der Waals surface area contributed by atoms with Gasteiger partial charge in [-0.25, -0.2) is 19.6 Å². The number of ether oxygens (including phenoxy) is 1. The van der Waals surface area contributed by atoms with Crippen molar-refractivity contribution in [2.75, 3.05) is 64.9 Å². The smallest absolute Gasteiger partial charge is 0.337 e. The number of esters is 1. The Morgan fingerprint density at radius 1 is 1.22 bits per heavy atom. The zero-order valence-corrected chi connectivity index (χ0v) is 24.0. The van der Waals surface area contributed by atoms with Gasteiger partial charge in [-0.2, -0.15) is 0 Å². The number of fused-ring (bicyclic) bond motifs is 2. The molecule has 7 rings (SSSR count). The number of urea groups is 1. The molecular formula is C28H33N9O3S. The van der Waals surface area contributed by atoms with E-state index in [0.29, 0.717) is 50.2 Å². The number of hydrogen-bond donors (Lipinski definition) is 2. The van der Waals surface area contributed by atoms with Crippen LogP contribution in [0.15, 0.2) is 46.0 Å². The molecule has 2 amide bonds. The Bertz CT molecular complexity index is 1550. The number of likely N-dealkylation sites (tertiary alicyclic amines) is 1. The van der Waals surface area contributed by atoms with Crippen molar-refractivity contribution in [2.45, 2.75) is 24.9 Å². The molecular weight excluding hydrogens is 542 g/mol. The summed E-state index contributed by atoms with van der Waals surface area (Å²) in [5.41, 5.74) is 4.06. The van der Waals surface area contributed by atoms with Gasteiger partial charge in [-0.1, -0.05) is 0 Å². The minimum atomic E-state index is -0.383. The number of methoxy groups -OCH3 is 1. The zero-order valence-electron chi connectivity index (χ0n) is 23.2. The lowest BCUT2D eigenvalue weighted by molar-refractivity contribution is -0.136. The largest absolute Gasteiger partial charge is 0.466 e. The van der Waals surface area contributed by atoms with E-state index in [1.165, 1.54) is 24.9 Å². The molecule has 4 aliphatic heterocycles. The van der Waals surface area contributed by atoms with Gasteiger partial charge in [0.1, 0.15) is 5.82 Å². The first-order valence-electron chi connectivity index (χ1n) is 14.0. The predicted octanol–water partition coefficient (Wildman–Crippen LogP) is 2.19. The van der Waals surface area contributed by atoms with E-state index in [2.05, 4.69) is 37.1 Å². The van der Waals surface area contributed by atoms with E-state index in [1.807, 2.05) is 33.4 Å². The second kappa shape index (κ2) is 10.5. The standard InChI is InChI=1S/C28H33N9O3S/c1-34-8-3-4-23(34)24-31-20-6-5-17(12-21(20)32-24)37-15-18-14-35(9-10-36(18)28(37)39)16-22-19(27(38)40-2)13-30-25(33-22)26-29-7-11-41-26/h5-7,11-12,18,23H,3-4,8-10,13-16H2,1-2H3,(H,30,33)(H,31,32). The molecule has 2 aromatic heterocycles. The predicted molar refractivity (Wildman–Crippen MR) is 156 cm³/mol. The number of nitrogens with zero attached hydrogens (tertiary/aromatic N) is 7. The third-order valence-electron chi connectivity index (χ3n) is 8.55. The Morgan fingerprint density at radius 3 is 2.90 bits per heavy atom. The third-order valence-corrected chi connectivity index (χ3v) is 9.33. The number of piperazine rings is 1. The molecule has 1 aromatic carbocycles. The average molecular weight is 576 g/mol. The van der Waals surface area contributed by atoms with Crippen molar-refractivity contribution in [2.24, 2.45) is 4.99 Å². The van der Waals surface area contributed by atoms with Gasteiger partial charge in [-0.15, -0.1) is 11.3 Å². The second-order valence-electron chi connectivity index (χ2n) is 11.0. The highest BCUT2D eigenvalue weighted by atomic mass is 32.1. The van der Waals surface area contributed by atoms with Crippen LogP contribution in [0.1, 0.15) is 29.7 Å². The Labute approximate surface area is 241 Å². The number of imidazole rings is 1. The van der Waals surface area contributed by atoms with Crippen molar-refractivity contribution < 1.29 is 14.3 Å². The maximum Gasteiger partial charge on any atom is 0.337 e. The highest BCUT2D eigenvalue weighted by Gasteiger charge is 2.42. The normalized spacial score (nSPS) is 23.8. The first kappa shape index (κ1) is 26.1. The van der Waals surface area contributed by atoms with Crippen LogP contribution in [0.2, 0.25) is 0 Å². The van der Waals surface area contributed by atoms with Crippen molar-refractivity contribution >= 4 is 45.9 Å². The average Bonchev–Trinajstić information content (AvgIpc) is 3.79. The highest BCUT2D eigenvalue weighted by Crippen LogP contribution is 2.32. The zero-order chi connectivity index (χ0) is 28.1. The molecule has 2 atom stereocenters. The summed E-state index contributed by atoms with van der Waals surface area (Å²) in [6, 6.07) is 6.46.